The Kier molecular flexibility index (Phi) is 6.07. The Labute approximate surface area is 221 Å². The third kappa shape index (κ3) is 4.43. The molecule has 0 radical (unpaired) electrons. The van der Waals surface area contributed by atoms with Crippen molar-refractivity contribution in [1.82, 2.24) is 15.2 Å². The number of nitrogens with one attached hydrogen (secondary N) is 2. The number of ether oxygens (including phenoxy) is 1. The van der Waals surface area contributed by atoms with Gasteiger partial charge in [0.1, 0.15) is 23.5 Å². The molecule has 0 spiro atoms. The highest BCUT2D eigenvalue weighted by molar-refractivity contribution is 6.13. The van der Waals surface area contributed by atoms with Crippen LogP contribution in [0.3, 0.4) is 0 Å². The highest BCUT2D eigenvalue weighted by Gasteiger charge is 2.51. The second-order valence-electron chi connectivity index (χ2n) is 12.2. The molecular weight excluding hydrogens is 490 g/mol. The van der Waals surface area contributed by atoms with Gasteiger partial charge < -0.3 is 34.7 Å². The number of fused-ring (bicyclic) bond motifs is 2. The van der Waals surface area contributed by atoms with E-state index in [9.17, 15) is 19.5 Å². The minimum Gasteiger partial charge on any atom is -0.479 e. The Hall–Kier alpha value is -3.76. The molecule has 3 aliphatic heterocycles. The summed E-state index contributed by atoms with van der Waals surface area (Å²) >= 11 is 0. The van der Waals surface area contributed by atoms with E-state index in [0.717, 1.165) is 6.42 Å². The number of likely N-dealkylation sites (tertiary alicyclic amines) is 1. The normalized spacial score (nSPS) is 24.1. The number of hydrogen-bond acceptors (Lipinski definition) is 7. The number of anilines is 2. The molecule has 2 aromatic rings. The van der Waals surface area contributed by atoms with E-state index in [-0.39, 0.29) is 46.3 Å². The van der Waals surface area contributed by atoms with Gasteiger partial charge in [-0.2, -0.15) is 4.98 Å². The highest BCUT2D eigenvalue weighted by atomic mass is 16.5. The smallest absolute Gasteiger partial charge is 0.407 e. The lowest BCUT2D eigenvalue weighted by molar-refractivity contribution is 0.0882. The maximum Gasteiger partial charge on any atom is 0.407 e. The third-order valence-electron chi connectivity index (χ3n) is 7.84. The van der Waals surface area contributed by atoms with Crippen molar-refractivity contribution < 1.29 is 28.6 Å². The van der Waals surface area contributed by atoms with Gasteiger partial charge >= 0.3 is 6.09 Å². The first-order chi connectivity index (χ1) is 17.8. The summed E-state index contributed by atoms with van der Waals surface area (Å²) in [7, 11) is 1.48. The van der Waals surface area contributed by atoms with Gasteiger partial charge in [0.25, 0.3) is 11.8 Å². The monoisotopic (exact) mass is 525 g/mol. The molecule has 11 nitrogen and oxygen atoms in total. The van der Waals surface area contributed by atoms with Crippen LogP contribution in [0.25, 0.3) is 0 Å². The summed E-state index contributed by atoms with van der Waals surface area (Å²) in [5.41, 5.74) is 0.225. The van der Waals surface area contributed by atoms with Crippen molar-refractivity contribution in [2.45, 2.75) is 65.1 Å². The van der Waals surface area contributed by atoms with Crippen molar-refractivity contribution in [1.29, 1.82) is 0 Å². The molecule has 0 saturated carbocycles. The summed E-state index contributed by atoms with van der Waals surface area (Å²) in [6, 6.07) is 3.72. The molecule has 204 valence electrons. The lowest BCUT2D eigenvalue weighted by Gasteiger charge is -2.39. The first-order valence-electron chi connectivity index (χ1n) is 12.8. The van der Waals surface area contributed by atoms with Gasteiger partial charge in [-0.15, -0.1) is 0 Å². The predicted molar refractivity (Wildman–Crippen MR) is 140 cm³/mol. The SMILES string of the molecule is COc1nc(N2C(C(C)(C)C)C[C@@H]3CN(C(=O)O)C[C@@H]32)ccc1NC(=O)c1coc2c1C(=O)NC(C)(C)C2. The van der Waals surface area contributed by atoms with Crippen LogP contribution in [-0.2, 0) is 6.42 Å². The first-order valence-corrected chi connectivity index (χ1v) is 12.8. The van der Waals surface area contributed by atoms with E-state index in [4.69, 9.17) is 14.1 Å². The first kappa shape index (κ1) is 25.9. The summed E-state index contributed by atoms with van der Waals surface area (Å²) in [4.78, 5) is 46.0. The molecule has 0 aliphatic carbocycles. The van der Waals surface area contributed by atoms with Crippen LogP contribution >= 0.6 is 0 Å². The van der Waals surface area contributed by atoms with Gasteiger partial charge in [-0.05, 0) is 37.8 Å². The van der Waals surface area contributed by atoms with Gasteiger partial charge in [0.15, 0.2) is 0 Å². The fourth-order valence-electron chi connectivity index (χ4n) is 6.06. The Balaban J connectivity index is 1.42. The lowest BCUT2D eigenvalue weighted by Crippen LogP contribution is -2.49. The number of rotatable bonds is 4. The molecule has 0 aromatic carbocycles. The number of amides is 3. The number of nitrogens with zero attached hydrogens (tertiary/aromatic N) is 3. The van der Waals surface area contributed by atoms with E-state index < -0.39 is 17.5 Å². The number of aromatic nitrogens is 1. The topological polar surface area (TPSA) is 137 Å². The van der Waals surface area contributed by atoms with Crippen molar-refractivity contribution in [3.63, 3.8) is 0 Å². The van der Waals surface area contributed by atoms with E-state index in [0.29, 0.717) is 36.8 Å². The van der Waals surface area contributed by atoms with Crippen LogP contribution in [0.5, 0.6) is 5.88 Å². The molecule has 5 rings (SSSR count). The maximum atomic E-state index is 13.2. The van der Waals surface area contributed by atoms with E-state index in [1.807, 2.05) is 19.9 Å². The Morgan fingerprint density at radius 3 is 2.66 bits per heavy atom. The van der Waals surface area contributed by atoms with Crippen molar-refractivity contribution in [3.05, 3.63) is 35.3 Å². The molecule has 11 heteroatoms. The molecule has 2 saturated heterocycles. The lowest BCUT2D eigenvalue weighted by atomic mass is 9.83. The van der Waals surface area contributed by atoms with Crippen LogP contribution in [0.1, 0.15) is 67.5 Å². The molecule has 3 aliphatic rings. The van der Waals surface area contributed by atoms with Crippen molar-refractivity contribution in [3.8, 4) is 5.88 Å². The van der Waals surface area contributed by atoms with Gasteiger partial charge in [0, 0.05) is 37.0 Å². The zero-order valence-electron chi connectivity index (χ0n) is 22.6. The van der Waals surface area contributed by atoms with Gasteiger partial charge in [0.2, 0.25) is 5.88 Å². The number of methoxy groups -OCH3 is 1. The van der Waals surface area contributed by atoms with Crippen LogP contribution in [0.2, 0.25) is 0 Å². The molecule has 0 bridgehead atoms. The maximum absolute atomic E-state index is 13.2. The molecule has 2 fully saturated rings. The highest BCUT2D eigenvalue weighted by Crippen LogP contribution is 2.45. The van der Waals surface area contributed by atoms with Crippen LogP contribution in [-0.4, -0.2) is 70.7 Å². The molecular formula is C27H35N5O6. The molecule has 5 heterocycles. The second-order valence-corrected chi connectivity index (χ2v) is 12.2. The number of carbonyl (C=O) groups is 3. The van der Waals surface area contributed by atoms with Crippen LogP contribution in [0, 0.1) is 11.3 Å². The van der Waals surface area contributed by atoms with Crippen LogP contribution in [0.4, 0.5) is 16.3 Å². The molecule has 3 atom stereocenters. The van der Waals surface area contributed by atoms with Gasteiger partial charge in [0.05, 0.1) is 24.3 Å². The zero-order valence-corrected chi connectivity index (χ0v) is 22.6. The number of carbonyl (C=O) groups excluding carboxylic acids is 2. The van der Waals surface area contributed by atoms with Crippen molar-refractivity contribution in [2.24, 2.45) is 11.3 Å². The summed E-state index contributed by atoms with van der Waals surface area (Å²) in [6.07, 6.45) is 1.74. The number of pyridine rings is 1. The minimum absolute atomic E-state index is 0.00758. The van der Waals surface area contributed by atoms with Crippen LogP contribution in [0.15, 0.2) is 22.8 Å². The Bertz CT molecular complexity index is 1300. The fourth-order valence-corrected chi connectivity index (χ4v) is 6.06. The van der Waals surface area contributed by atoms with Crippen molar-refractivity contribution >= 4 is 29.4 Å². The molecule has 3 N–H and O–H groups in total. The summed E-state index contributed by atoms with van der Waals surface area (Å²) in [5.74, 6) is 0.739. The third-order valence-corrected chi connectivity index (χ3v) is 7.84. The van der Waals surface area contributed by atoms with E-state index >= 15 is 0 Å². The average molecular weight is 526 g/mol. The summed E-state index contributed by atoms with van der Waals surface area (Å²) in [6.45, 7) is 11.2. The standard InChI is InChI=1S/C27H35N5O6/c1-26(2,3)19-9-14-11-31(25(35)36)12-17(14)32(19)20-8-7-16(24(29-20)37-6)28-22(33)15-13-38-18-10-27(4,5)30-23(34)21(15)18/h7-8,13-14,17,19H,9-12H2,1-6H3,(H,28,33)(H,30,34)(H,35,36)/t14-,17+,19?/m1/s1. The molecule has 1 unspecified atom stereocenters. The van der Waals surface area contributed by atoms with E-state index in [1.165, 1.54) is 18.3 Å². The minimum atomic E-state index is -0.908. The molecule has 38 heavy (non-hydrogen) atoms. The fraction of sp³-hybridized carbons (Fsp3) is 0.556. The molecule has 3 amide bonds. The second kappa shape index (κ2) is 8.92. The van der Waals surface area contributed by atoms with E-state index in [1.54, 1.807) is 6.07 Å². The van der Waals surface area contributed by atoms with Gasteiger partial charge in [-0.25, -0.2) is 4.79 Å². The zero-order chi connectivity index (χ0) is 27.6. The van der Waals surface area contributed by atoms with Crippen molar-refractivity contribution in [2.75, 3.05) is 30.4 Å². The quantitative estimate of drug-likeness (QED) is 0.551. The molecule has 2 aromatic heterocycles. The Morgan fingerprint density at radius 1 is 1.26 bits per heavy atom. The van der Waals surface area contributed by atoms with Crippen LogP contribution < -0.4 is 20.3 Å². The summed E-state index contributed by atoms with van der Waals surface area (Å²) < 4.78 is 11.1. The number of carboxylic acid groups (broad SMARTS) is 1. The Morgan fingerprint density at radius 2 is 2.00 bits per heavy atom. The predicted octanol–water partition coefficient (Wildman–Crippen LogP) is 3.60. The van der Waals surface area contributed by atoms with E-state index in [2.05, 4.69) is 36.3 Å². The average Bonchev–Trinajstić information content (AvgIpc) is 3.50. The van der Waals surface area contributed by atoms with Gasteiger partial charge in [-0.3, -0.25) is 9.59 Å². The van der Waals surface area contributed by atoms with Gasteiger partial charge in [-0.1, -0.05) is 20.8 Å². The largest absolute Gasteiger partial charge is 0.479 e. The summed E-state index contributed by atoms with van der Waals surface area (Å²) in [5, 5.41) is 15.3. The number of furan rings is 1. The number of hydrogen-bond donors (Lipinski definition) is 3.